The molecule has 0 aromatic carbocycles. The van der Waals surface area contributed by atoms with Crippen molar-refractivity contribution in [2.24, 2.45) is 5.92 Å². The van der Waals surface area contributed by atoms with Crippen LogP contribution in [-0.2, 0) is 65.4 Å². The third kappa shape index (κ3) is 64.8. The first-order valence-corrected chi connectivity index (χ1v) is 40.1. The number of rotatable bonds is 71. The Hall–Kier alpha value is -1.94. The number of ether oxygens (including phenoxy) is 4. The zero-order chi connectivity index (χ0) is 66.3. The van der Waals surface area contributed by atoms with Gasteiger partial charge < -0.3 is 33.8 Å². The second kappa shape index (κ2) is 64.4. The van der Waals surface area contributed by atoms with Crippen molar-refractivity contribution < 1.29 is 80.2 Å². The molecule has 90 heavy (non-hydrogen) atoms. The minimum atomic E-state index is -4.95. The Balaban J connectivity index is 5.24. The van der Waals surface area contributed by atoms with Gasteiger partial charge in [0.25, 0.3) is 0 Å². The second-order valence-electron chi connectivity index (χ2n) is 26.1. The lowest BCUT2D eigenvalue weighted by Crippen LogP contribution is -2.30. The largest absolute Gasteiger partial charge is 0.472 e. The molecule has 3 N–H and O–H groups in total. The number of hydrogen-bond donors (Lipinski definition) is 3. The van der Waals surface area contributed by atoms with E-state index in [9.17, 15) is 43.2 Å². The van der Waals surface area contributed by atoms with Gasteiger partial charge in [-0.1, -0.05) is 317 Å². The SMILES string of the molecule is CCCCCCCCCCCCCCCCC(=O)OC[C@H](COP(=O)(O)OC[C@@H](O)COP(=O)(O)OC[C@@H](COC(=O)CCCCCCCCCCC)OC(=O)CCCCCCCCCCCCC(C)C)OC(=O)CCCCCCCCCCCCCCCC. The van der Waals surface area contributed by atoms with Crippen molar-refractivity contribution in [3.05, 3.63) is 0 Å². The monoisotopic (exact) mass is 1320 g/mol. The molecule has 0 heterocycles. The van der Waals surface area contributed by atoms with E-state index in [1.807, 2.05) is 0 Å². The first-order chi connectivity index (χ1) is 43.5. The lowest BCUT2D eigenvalue weighted by molar-refractivity contribution is -0.161. The molecule has 0 spiro atoms. The van der Waals surface area contributed by atoms with Crippen molar-refractivity contribution in [1.29, 1.82) is 0 Å². The van der Waals surface area contributed by atoms with Crippen LogP contribution in [0.4, 0.5) is 0 Å². The maximum absolute atomic E-state index is 13.0. The smallest absolute Gasteiger partial charge is 0.462 e. The lowest BCUT2D eigenvalue weighted by atomic mass is 10.0. The molecule has 0 aromatic heterocycles. The van der Waals surface area contributed by atoms with E-state index in [1.54, 1.807) is 0 Å². The predicted octanol–water partition coefficient (Wildman–Crippen LogP) is 20.5. The topological polar surface area (TPSA) is 237 Å². The molecule has 0 aliphatic carbocycles. The zero-order valence-corrected chi connectivity index (χ0v) is 60.1. The molecule has 17 nitrogen and oxygen atoms in total. The number of carbonyl (C=O) groups is 4. The van der Waals surface area contributed by atoms with E-state index in [-0.39, 0.29) is 25.7 Å². The molecule has 0 aromatic rings. The van der Waals surface area contributed by atoms with Gasteiger partial charge >= 0.3 is 39.5 Å². The second-order valence-corrected chi connectivity index (χ2v) is 29.0. The minimum absolute atomic E-state index is 0.106. The maximum Gasteiger partial charge on any atom is 0.472 e. The van der Waals surface area contributed by atoms with E-state index in [0.717, 1.165) is 95.8 Å². The average molecular weight is 1330 g/mol. The average Bonchev–Trinajstić information content (AvgIpc) is 3.48. The molecular formula is C71H138O17P2. The van der Waals surface area contributed by atoms with Crippen LogP contribution >= 0.6 is 15.6 Å². The van der Waals surface area contributed by atoms with E-state index in [1.165, 1.54) is 193 Å². The quantitative estimate of drug-likeness (QED) is 0.0222. The van der Waals surface area contributed by atoms with Gasteiger partial charge in [-0.3, -0.25) is 37.3 Å². The number of phosphoric ester groups is 2. The van der Waals surface area contributed by atoms with E-state index in [0.29, 0.717) is 25.7 Å². The molecular weight excluding hydrogens is 1190 g/mol. The summed E-state index contributed by atoms with van der Waals surface area (Å²) in [5.41, 5.74) is 0. The first kappa shape index (κ1) is 88.1. The van der Waals surface area contributed by atoms with Crippen LogP contribution in [0.25, 0.3) is 0 Å². The number of carbonyl (C=O) groups excluding carboxylic acids is 4. The van der Waals surface area contributed by atoms with Gasteiger partial charge in [-0.05, 0) is 31.6 Å². The van der Waals surface area contributed by atoms with E-state index in [4.69, 9.17) is 37.0 Å². The van der Waals surface area contributed by atoms with Crippen molar-refractivity contribution in [3.8, 4) is 0 Å². The summed E-state index contributed by atoms with van der Waals surface area (Å²) in [6.07, 6.45) is 51.2. The van der Waals surface area contributed by atoms with Crippen LogP contribution in [0.2, 0.25) is 0 Å². The molecule has 0 saturated heterocycles. The first-order valence-electron chi connectivity index (χ1n) is 37.1. The fourth-order valence-electron chi connectivity index (χ4n) is 10.8. The maximum atomic E-state index is 13.0. The zero-order valence-electron chi connectivity index (χ0n) is 58.3. The normalized spacial score (nSPS) is 14.1. The van der Waals surface area contributed by atoms with Gasteiger partial charge in [0.1, 0.15) is 19.3 Å². The van der Waals surface area contributed by atoms with Gasteiger partial charge in [0.05, 0.1) is 26.4 Å². The van der Waals surface area contributed by atoms with Crippen LogP contribution in [0.1, 0.15) is 369 Å². The van der Waals surface area contributed by atoms with Crippen LogP contribution in [0.15, 0.2) is 0 Å². The number of phosphoric acid groups is 2. The summed E-state index contributed by atoms with van der Waals surface area (Å²) in [5, 5.41) is 10.6. The molecule has 0 amide bonds. The van der Waals surface area contributed by atoms with Crippen LogP contribution in [0, 0.1) is 5.92 Å². The summed E-state index contributed by atoms with van der Waals surface area (Å²) < 4.78 is 68.3. The molecule has 534 valence electrons. The molecule has 0 radical (unpaired) electrons. The highest BCUT2D eigenvalue weighted by Gasteiger charge is 2.30. The Bertz CT molecular complexity index is 1740. The molecule has 0 aliphatic heterocycles. The molecule has 0 rings (SSSR count). The summed E-state index contributed by atoms with van der Waals surface area (Å²) in [6.45, 7) is 7.24. The number of unbranched alkanes of at least 4 members (excludes halogenated alkanes) is 43. The molecule has 19 heteroatoms. The minimum Gasteiger partial charge on any atom is -0.462 e. The summed E-state index contributed by atoms with van der Waals surface area (Å²) >= 11 is 0. The highest BCUT2D eigenvalue weighted by molar-refractivity contribution is 7.47. The number of esters is 4. The summed E-state index contributed by atoms with van der Waals surface area (Å²) in [6, 6.07) is 0. The molecule has 0 aliphatic rings. The Kier molecular flexibility index (Phi) is 63.0. The molecule has 0 saturated carbocycles. The van der Waals surface area contributed by atoms with Crippen LogP contribution in [0.3, 0.4) is 0 Å². The number of aliphatic hydroxyl groups excluding tert-OH is 1. The Morgan fingerprint density at radius 3 is 0.756 bits per heavy atom. The number of aliphatic hydroxyl groups is 1. The summed E-state index contributed by atoms with van der Waals surface area (Å²) in [7, 11) is -9.90. The fraction of sp³-hybridized carbons (Fsp3) is 0.944. The van der Waals surface area contributed by atoms with Gasteiger partial charge in [0, 0.05) is 25.7 Å². The third-order valence-corrected chi connectivity index (χ3v) is 18.4. The van der Waals surface area contributed by atoms with Crippen molar-refractivity contribution in [2.75, 3.05) is 39.6 Å². The van der Waals surface area contributed by atoms with Crippen molar-refractivity contribution in [3.63, 3.8) is 0 Å². The molecule has 0 fully saturated rings. The number of hydrogen-bond acceptors (Lipinski definition) is 15. The van der Waals surface area contributed by atoms with Gasteiger partial charge in [-0.25, -0.2) is 9.13 Å². The molecule has 0 bridgehead atoms. The molecule has 2 unspecified atom stereocenters. The van der Waals surface area contributed by atoms with E-state index >= 15 is 0 Å². The predicted molar refractivity (Wildman–Crippen MR) is 363 cm³/mol. The van der Waals surface area contributed by atoms with Crippen LogP contribution < -0.4 is 0 Å². The van der Waals surface area contributed by atoms with Crippen molar-refractivity contribution in [1.82, 2.24) is 0 Å². The van der Waals surface area contributed by atoms with Gasteiger partial charge in [0.2, 0.25) is 0 Å². The van der Waals surface area contributed by atoms with Crippen molar-refractivity contribution in [2.45, 2.75) is 387 Å². The lowest BCUT2D eigenvalue weighted by Gasteiger charge is -2.21. The Morgan fingerprint density at radius 1 is 0.300 bits per heavy atom. The Labute approximate surface area is 549 Å². The summed E-state index contributed by atoms with van der Waals surface area (Å²) in [4.78, 5) is 72.6. The van der Waals surface area contributed by atoms with Crippen LogP contribution in [-0.4, -0.2) is 96.7 Å². The van der Waals surface area contributed by atoms with Gasteiger partial charge in [-0.2, -0.15) is 0 Å². The van der Waals surface area contributed by atoms with Crippen molar-refractivity contribution >= 4 is 39.5 Å². The van der Waals surface area contributed by atoms with E-state index < -0.39 is 97.5 Å². The van der Waals surface area contributed by atoms with Gasteiger partial charge in [0.15, 0.2) is 12.2 Å². The fourth-order valence-corrected chi connectivity index (χ4v) is 12.4. The summed E-state index contributed by atoms with van der Waals surface area (Å²) in [5.74, 6) is -1.37. The molecule has 5 atom stereocenters. The third-order valence-electron chi connectivity index (χ3n) is 16.5. The highest BCUT2D eigenvalue weighted by atomic mass is 31.2. The Morgan fingerprint density at radius 2 is 0.511 bits per heavy atom. The van der Waals surface area contributed by atoms with Crippen LogP contribution in [0.5, 0.6) is 0 Å². The van der Waals surface area contributed by atoms with E-state index in [2.05, 4.69) is 34.6 Å². The van der Waals surface area contributed by atoms with Gasteiger partial charge in [-0.15, -0.1) is 0 Å². The highest BCUT2D eigenvalue weighted by Crippen LogP contribution is 2.45. The standard InChI is InChI=1S/C71H138O17P2/c1-6-9-12-15-18-21-23-25-27-29-35-40-45-50-55-69(74)82-61-67(87-70(75)56-51-46-41-36-30-28-26-24-22-19-16-13-10-7-2)63-86-90(79,80)84-59-65(72)58-83-89(77,78)85-62-66(60-81-68(73)54-49-44-39-33-20-17-14-11-8-3)88-71(76)57-52-47-42-37-32-31-34-38-43-48-53-64(4)5/h64-67,72H,6-63H2,1-5H3,(H,77,78)(H,79,80)/t65-,66+,67+/m0/s1.